The number of alkyl carbamates (subject to hydrolysis) is 1. The first-order chi connectivity index (χ1) is 14.4. The van der Waals surface area contributed by atoms with Crippen LogP contribution in [0.4, 0.5) is 4.79 Å². The molecular formula is C24H41N3O4. The molecule has 2 aliphatic carbocycles. The zero-order chi connectivity index (χ0) is 23.0. The lowest BCUT2D eigenvalue weighted by molar-refractivity contribution is -0.274. The molecular weight excluding hydrogens is 394 g/mol. The number of nitrogens with zero attached hydrogens (tertiary/aromatic N) is 1. The van der Waals surface area contributed by atoms with Gasteiger partial charge in [-0.1, -0.05) is 26.0 Å². The number of hydroxylamine groups is 2. The number of nitrogens with one attached hydrogen (secondary N) is 2. The van der Waals surface area contributed by atoms with Crippen molar-refractivity contribution < 1.29 is 19.5 Å². The third-order valence-electron chi connectivity index (χ3n) is 6.89. The van der Waals surface area contributed by atoms with E-state index < -0.39 is 11.7 Å². The summed E-state index contributed by atoms with van der Waals surface area (Å²) in [6.07, 6.45) is 8.19. The monoisotopic (exact) mass is 435 g/mol. The number of piperidine rings is 2. The molecule has 2 heterocycles. The van der Waals surface area contributed by atoms with Crippen LogP contribution in [-0.4, -0.2) is 51.5 Å². The van der Waals surface area contributed by atoms with E-state index in [1.807, 2.05) is 32.9 Å². The summed E-state index contributed by atoms with van der Waals surface area (Å²) in [6.45, 7) is 11.9. The molecule has 3 unspecified atom stereocenters. The van der Waals surface area contributed by atoms with Crippen molar-refractivity contribution in [2.45, 2.75) is 109 Å². The van der Waals surface area contributed by atoms with Gasteiger partial charge in [-0.25, -0.2) is 4.79 Å². The van der Waals surface area contributed by atoms with Crippen LogP contribution in [0.15, 0.2) is 12.2 Å². The van der Waals surface area contributed by atoms with E-state index in [0.29, 0.717) is 24.2 Å². The summed E-state index contributed by atoms with van der Waals surface area (Å²) >= 11 is 0. The Morgan fingerprint density at radius 2 is 1.84 bits per heavy atom. The molecule has 0 aromatic carbocycles. The normalized spacial score (nSPS) is 33.7. The van der Waals surface area contributed by atoms with Crippen LogP contribution in [0.2, 0.25) is 0 Å². The maximum atomic E-state index is 12.7. The molecule has 7 heteroatoms. The molecule has 2 aliphatic heterocycles. The van der Waals surface area contributed by atoms with Crippen molar-refractivity contribution in [2.24, 2.45) is 17.8 Å². The highest BCUT2D eigenvalue weighted by atomic mass is 16.6. The molecule has 0 spiro atoms. The summed E-state index contributed by atoms with van der Waals surface area (Å²) in [4.78, 5) is 24.8. The summed E-state index contributed by atoms with van der Waals surface area (Å²) < 4.78 is 5.36. The van der Waals surface area contributed by atoms with Crippen molar-refractivity contribution >= 4 is 12.0 Å². The Morgan fingerprint density at radius 3 is 2.35 bits per heavy atom. The average Bonchev–Trinajstić information content (AvgIpc) is 2.58. The minimum atomic E-state index is -0.543. The number of amides is 2. The molecule has 3 N–H and O–H groups in total. The second-order valence-corrected chi connectivity index (χ2v) is 11.5. The fourth-order valence-electron chi connectivity index (χ4n) is 5.91. The summed E-state index contributed by atoms with van der Waals surface area (Å²) in [7, 11) is 0. The van der Waals surface area contributed by atoms with Crippen LogP contribution in [0, 0.1) is 17.8 Å². The Kier molecular flexibility index (Phi) is 7.06. The van der Waals surface area contributed by atoms with Gasteiger partial charge in [0, 0.05) is 24.0 Å². The topological polar surface area (TPSA) is 90.9 Å². The van der Waals surface area contributed by atoms with Crippen LogP contribution in [0.5, 0.6) is 0 Å². The minimum Gasteiger partial charge on any atom is -0.444 e. The van der Waals surface area contributed by atoms with E-state index in [4.69, 9.17) is 4.74 Å². The number of carbonyl (C=O) groups is 2. The van der Waals surface area contributed by atoms with Gasteiger partial charge in [-0.15, -0.1) is 0 Å². The molecule has 2 saturated heterocycles. The smallest absolute Gasteiger partial charge is 0.408 e. The van der Waals surface area contributed by atoms with E-state index in [2.05, 4.69) is 31.4 Å². The van der Waals surface area contributed by atoms with Gasteiger partial charge < -0.3 is 20.6 Å². The van der Waals surface area contributed by atoms with Crippen LogP contribution in [0.25, 0.3) is 0 Å². The molecule has 31 heavy (non-hydrogen) atoms. The predicted molar refractivity (Wildman–Crippen MR) is 120 cm³/mol. The second kappa shape index (κ2) is 9.10. The van der Waals surface area contributed by atoms with E-state index in [1.54, 1.807) is 5.06 Å². The van der Waals surface area contributed by atoms with Crippen molar-refractivity contribution in [3.63, 3.8) is 0 Å². The maximum absolute atomic E-state index is 12.7. The van der Waals surface area contributed by atoms with Crippen molar-refractivity contribution in [3.8, 4) is 0 Å². The van der Waals surface area contributed by atoms with Crippen LogP contribution < -0.4 is 10.6 Å². The Bertz CT molecular complexity index is 683. The molecule has 0 radical (unpaired) electrons. The van der Waals surface area contributed by atoms with Gasteiger partial charge in [-0.05, 0) is 77.6 Å². The van der Waals surface area contributed by atoms with Gasteiger partial charge in [0.25, 0.3) is 0 Å². The average molecular weight is 436 g/mol. The molecule has 176 valence electrons. The van der Waals surface area contributed by atoms with Crippen LogP contribution in [0.1, 0.15) is 80.1 Å². The van der Waals surface area contributed by atoms with Crippen molar-refractivity contribution in [1.29, 1.82) is 0 Å². The third kappa shape index (κ3) is 6.01. The Balaban J connectivity index is 1.51. The third-order valence-corrected chi connectivity index (χ3v) is 6.89. The molecule has 4 aliphatic rings. The number of hydrogen-bond acceptors (Lipinski definition) is 5. The lowest BCUT2D eigenvalue weighted by Crippen LogP contribution is -2.69. The van der Waals surface area contributed by atoms with E-state index in [0.717, 1.165) is 32.1 Å². The number of hydrogen-bond donors (Lipinski definition) is 3. The van der Waals surface area contributed by atoms with E-state index >= 15 is 0 Å². The molecule has 4 bridgehead atoms. The zero-order valence-corrected chi connectivity index (χ0v) is 20.0. The van der Waals surface area contributed by atoms with E-state index in [9.17, 15) is 14.8 Å². The molecule has 6 atom stereocenters. The van der Waals surface area contributed by atoms with Gasteiger partial charge in [0.15, 0.2) is 0 Å². The Hall–Kier alpha value is -1.60. The van der Waals surface area contributed by atoms with Crippen molar-refractivity contribution in [3.05, 3.63) is 12.2 Å². The highest BCUT2D eigenvalue weighted by Gasteiger charge is 2.57. The molecule has 2 amide bonds. The molecule has 0 aromatic rings. The highest BCUT2D eigenvalue weighted by Crippen LogP contribution is 2.53. The van der Waals surface area contributed by atoms with Gasteiger partial charge in [-0.3, -0.25) is 4.79 Å². The minimum absolute atomic E-state index is 0.0281. The SMILES string of the molecule is CC(C)C[C@@H](C=CCC(=O)NC1[C@@H]2CC3C[C@H]1CC(C)(C2)N3O)NC(=O)OC(C)(C)C. The fourth-order valence-corrected chi connectivity index (χ4v) is 5.91. The lowest BCUT2D eigenvalue weighted by atomic mass is 9.57. The second-order valence-electron chi connectivity index (χ2n) is 11.5. The summed E-state index contributed by atoms with van der Waals surface area (Å²) in [5.41, 5.74) is -0.673. The first-order valence-corrected chi connectivity index (χ1v) is 11.8. The van der Waals surface area contributed by atoms with Gasteiger partial charge >= 0.3 is 6.09 Å². The van der Waals surface area contributed by atoms with Crippen molar-refractivity contribution in [2.75, 3.05) is 0 Å². The molecule has 7 nitrogen and oxygen atoms in total. The van der Waals surface area contributed by atoms with E-state index in [-0.39, 0.29) is 29.6 Å². The van der Waals surface area contributed by atoms with Crippen molar-refractivity contribution in [1.82, 2.24) is 15.7 Å². The quantitative estimate of drug-likeness (QED) is 0.526. The zero-order valence-electron chi connectivity index (χ0n) is 20.0. The van der Waals surface area contributed by atoms with Gasteiger partial charge in [0.05, 0.1) is 6.04 Å². The predicted octanol–water partition coefficient (Wildman–Crippen LogP) is 4.01. The molecule has 0 aromatic heterocycles. The standard InChI is InChI=1S/C24H41N3O4/c1-15(2)10-18(25-22(29)31-23(3,4)5)8-7-9-20(28)26-21-16-11-19-12-17(21)14-24(6,13-16)27(19)30/h7-8,15-19,21,30H,9-14H2,1-6H3,(H,25,29)(H,26,28)/t16-,17+,18-,19?,21?,24?/m1/s1. The highest BCUT2D eigenvalue weighted by molar-refractivity contribution is 5.78. The van der Waals surface area contributed by atoms with Crippen LogP contribution >= 0.6 is 0 Å². The summed E-state index contributed by atoms with van der Waals surface area (Å²) in [5, 5.41) is 18.2. The number of rotatable bonds is 7. The largest absolute Gasteiger partial charge is 0.444 e. The first-order valence-electron chi connectivity index (χ1n) is 11.8. The summed E-state index contributed by atoms with van der Waals surface area (Å²) in [5.74, 6) is 1.32. The van der Waals surface area contributed by atoms with E-state index in [1.165, 1.54) is 0 Å². The van der Waals surface area contributed by atoms with Gasteiger partial charge in [0.2, 0.25) is 5.91 Å². The van der Waals surface area contributed by atoms with Gasteiger partial charge in [0.1, 0.15) is 5.60 Å². The maximum Gasteiger partial charge on any atom is 0.408 e. The number of carbonyl (C=O) groups excluding carboxylic acids is 2. The van der Waals surface area contributed by atoms with Crippen LogP contribution in [-0.2, 0) is 9.53 Å². The lowest BCUT2D eigenvalue weighted by Gasteiger charge is -2.62. The summed E-state index contributed by atoms with van der Waals surface area (Å²) in [6, 6.07) is 0.288. The fraction of sp³-hybridized carbons (Fsp3) is 0.833. The van der Waals surface area contributed by atoms with Crippen LogP contribution in [0.3, 0.4) is 0 Å². The Labute approximate surface area is 186 Å². The molecule has 4 rings (SSSR count). The first kappa shape index (κ1) is 24.1. The molecule has 2 saturated carbocycles. The Morgan fingerprint density at radius 1 is 1.23 bits per heavy atom. The molecule has 4 fully saturated rings. The number of ether oxygens (including phenoxy) is 1. The van der Waals surface area contributed by atoms with Gasteiger partial charge in [-0.2, -0.15) is 5.06 Å².